The number of aromatic nitrogens is 2. The Balaban J connectivity index is 2.12. The smallest absolute Gasteiger partial charge is 0.360 e. The number of anilines is 1. The van der Waals surface area contributed by atoms with Crippen molar-refractivity contribution in [3.05, 3.63) is 23.4 Å². The van der Waals surface area contributed by atoms with Gasteiger partial charge >= 0.3 is 13.5 Å². The number of nitrogens with zero attached hydrogens (tertiary/aromatic N) is 5. The molecule has 0 spiro atoms. The van der Waals surface area contributed by atoms with Gasteiger partial charge in [-0.3, -0.25) is 9.99 Å². The van der Waals surface area contributed by atoms with Crippen LogP contribution in [0.4, 0.5) is 5.95 Å². The second-order valence-corrected chi connectivity index (χ2v) is 7.32. The number of rotatable bonds is 6. The zero-order valence-corrected chi connectivity index (χ0v) is 13.4. The molecule has 0 aromatic carbocycles. The molecule has 0 unspecified atom stereocenters. The topological polar surface area (TPSA) is 121 Å². The van der Waals surface area contributed by atoms with Gasteiger partial charge in [-0.2, -0.15) is 5.01 Å². The number of hydrogen-bond donors (Lipinski definition) is 2. The Hall–Kier alpha value is -2.06. The summed E-state index contributed by atoms with van der Waals surface area (Å²) in [4.78, 5) is 22.7. The SMILES string of the molecule is CC(C)C[C@H]1N=C(N(C)N=O)O[P@@]1(=O)NNc1ncccn1. The third-order valence-electron chi connectivity index (χ3n) is 2.84. The highest BCUT2D eigenvalue weighted by atomic mass is 31.2. The van der Waals surface area contributed by atoms with Crippen molar-refractivity contribution in [3.63, 3.8) is 0 Å². The van der Waals surface area contributed by atoms with E-state index in [0.29, 0.717) is 6.42 Å². The van der Waals surface area contributed by atoms with Crippen molar-refractivity contribution in [3.8, 4) is 0 Å². The number of amidine groups is 1. The van der Waals surface area contributed by atoms with E-state index >= 15 is 0 Å². The number of nitrogens with one attached hydrogen (secondary N) is 2. The molecule has 1 aliphatic rings. The molecule has 2 N–H and O–H groups in total. The van der Waals surface area contributed by atoms with Crippen LogP contribution in [0.25, 0.3) is 0 Å². The van der Waals surface area contributed by atoms with E-state index in [1.54, 1.807) is 18.5 Å². The molecule has 0 bridgehead atoms. The van der Waals surface area contributed by atoms with Crippen molar-refractivity contribution in [2.24, 2.45) is 16.2 Å². The van der Waals surface area contributed by atoms with E-state index in [0.717, 1.165) is 5.01 Å². The summed E-state index contributed by atoms with van der Waals surface area (Å²) in [5.41, 5.74) is 2.65. The van der Waals surface area contributed by atoms with Gasteiger partial charge in [-0.25, -0.2) is 15.0 Å². The maximum Gasteiger partial charge on any atom is 0.360 e. The molecular formula is C11H18N7O3P. The zero-order valence-electron chi connectivity index (χ0n) is 12.5. The van der Waals surface area contributed by atoms with Crippen molar-refractivity contribution in [2.75, 3.05) is 12.5 Å². The summed E-state index contributed by atoms with van der Waals surface area (Å²) in [6.07, 6.45) is 3.61. The monoisotopic (exact) mass is 327 g/mol. The average molecular weight is 327 g/mol. The minimum atomic E-state index is -3.41. The highest BCUT2D eigenvalue weighted by Gasteiger charge is 2.44. The molecule has 2 heterocycles. The Morgan fingerprint density at radius 2 is 2.14 bits per heavy atom. The van der Waals surface area contributed by atoms with Crippen molar-refractivity contribution in [2.45, 2.75) is 26.1 Å². The Morgan fingerprint density at radius 1 is 1.45 bits per heavy atom. The molecule has 1 aliphatic heterocycles. The highest BCUT2D eigenvalue weighted by molar-refractivity contribution is 7.58. The van der Waals surface area contributed by atoms with Crippen LogP contribution in [-0.2, 0) is 9.09 Å². The van der Waals surface area contributed by atoms with Crippen LogP contribution in [0.5, 0.6) is 0 Å². The number of hydrazine groups is 1. The summed E-state index contributed by atoms with van der Waals surface area (Å²) in [6, 6.07) is 1.58. The van der Waals surface area contributed by atoms with Crippen molar-refractivity contribution in [1.29, 1.82) is 0 Å². The molecule has 0 saturated heterocycles. The summed E-state index contributed by atoms with van der Waals surface area (Å²) in [7, 11) is -2.03. The van der Waals surface area contributed by atoms with E-state index in [1.165, 1.54) is 7.05 Å². The van der Waals surface area contributed by atoms with Crippen LogP contribution in [0.1, 0.15) is 20.3 Å². The molecule has 2 rings (SSSR count). The van der Waals surface area contributed by atoms with Crippen LogP contribution in [0.3, 0.4) is 0 Å². The number of nitroso groups, excluding NO2 is 1. The second kappa shape index (κ2) is 6.80. The van der Waals surface area contributed by atoms with E-state index in [2.05, 4.69) is 30.9 Å². The van der Waals surface area contributed by atoms with Gasteiger partial charge in [0.15, 0.2) is 5.78 Å². The molecule has 1 aromatic rings. The maximum atomic E-state index is 12.9. The Kier molecular flexibility index (Phi) is 5.04. The van der Waals surface area contributed by atoms with Gasteiger partial charge in [0.2, 0.25) is 5.95 Å². The average Bonchev–Trinajstić information content (AvgIpc) is 2.82. The van der Waals surface area contributed by atoms with Crippen LogP contribution in [0.2, 0.25) is 0 Å². The van der Waals surface area contributed by atoms with Gasteiger partial charge in [0.25, 0.3) is 0 Å². The fourth-order valence-corrected chi connectivity index (χ4v) is 3.72. The predicted octanol–water partition coefficient (Wildman–Crippen LogP) is 1.96. The van der Waals surface area contributed by atoms with Crippen LogP contribution in [0.15, 0.2) is 28.7 Å². The van der Waals surface area contributed by atoms with Crippen LogP contribution >= 0.6 is 7.52 Å². The van der Waals surface area contributed by atoms with Crippen molar-refractivity contribution in [1.82, 2.24) is 20.2 Å². The third-order valence-corrected chi connectivity index (χ3v) is 4.81. The van der Waals surface area contributed by atoms with E-state index in [1.807, 2.05) is 13.8 Å². The van der Waals surface area contributed by atoms with Crippen LogP contribution in [0, 0.1) is 10.8 Å². The molecule has 10 nitrogen and oxygen atoms in total. The van der Waals surface area contributed by atoms with Gasteiger partial charge in [0, 0.05) is 19.4 Å². The summed E-state index contributed by atoms with van der Waals surface area (Å²) in [5, 5.41) is 6.21. The fourth-order valence-electron chi connectivity index (χ4n) is 1.79. The Morgan fingerprint density at radius 3 is 2.73 bits per heavy atom. The summed E-state index contributed by atoms with van der Waals surface area (Å²) < 4.78 is 18.3. The molecule has 0 amide bonds. The molecule has 0 fully saturated rings. The van der Waals surface area contributed by atoms with Gasteiger partial charge < -0.3 is 4.52 Å². The standard InChI is InChI=1S/C11H18N7O3P/c1-8(2)7-9-14-11(18(3)17-19)21-22(9,20)16-15-10-12-5-4-6-13-10/h4-6,8-9H,7H2,1-3H3,(H,16,20)(H,12,13,15)/t9-,22+/m0/s1. The van der Waals surface area contributed by atoms with E-state index in [9.17, 15) is 9.47 Å². The molecule has 11 heteroatoms. The van der Waals surface area contributed by atoms with Crippen molar-refractivity contribution < 1.29 is 9.09 Å². The van der Waals surface area contributed by atoms with E-state index in [-0.39, 0.29) is 17.9 Å². The van der Waals surface area contributed by atoms with Crippen molar-refractivity contribution >= 4 is 19.5 Å². The number of aliphatic imine (C=N–C) groups is 1. The fraction of sp³-hybridized carbons (Fsp3) is 0.545. The molecule has 0 saturated carbocycles. The van der Waals surface area contributed by atoms with Gasteiger partial charge in [-0.1, -0.05) is 13.8 Å². The first-order valence-corrected chi connectivity index (χ1v) is 8.38. The highest BCUT2D eigenvalue weighted by Crippen LogP contribution is 2.54. The van der Waals surface area contributed by atoms with Crippen LogP contribution in [-0.4, -0.2) is 33.8 Å². The lowest BCUT2D eigenvalue weighted by Gasteiger charge is -2.20. The molecule has 22 heavy (non-hydrogen) atoms. The minimum Gasteiger partial charge on any atom is -0.396 e. The largest absolute Gasteiger partial charge is 0.396 e. The second-order valence-electron chi connectivity index (χ2n) is 5.12. The summed E-state index contributed by atoms with van der Waals surface area (Å²) in [5.74, 6) is -0.128. The van der Waals surface area contributed by atoms with E-state index < -0.39 is 13.3 Å². The van der Waals surface area contributed by atoms with Gasteiger partial charge in [0.1, 0.15) is 0 Å². The van der Waals surface area contributed by atoms with Gasteiger partial charge in [-0.15, -0.1) is 10.1 Å². The lowest BCUT2D eigenvalue weighted by atomic mass is 10.1. The lowest BCUT2D eigenvalue weighted by Crippen LogP contribution is -2.26. The maximum absolute atomic E-state index is 12.9. The molecule has 0 radical (unpaired) electrons. The first kappa shape index (κ1) is 16.3. The van der Waals surface area contributed by atoms with E-state index in [4.69, 9.17) is 4.52 Å². The van der Waals surface area contributed by atoms with Gasteiger partial charge in [0.05, 0.1) is 5.29 Å². The molecule has 0 aliphatic carbocycles. The number of hydrogen-bond acceptors (Lipinski definition) is 8. The van der Waals surface area contributed by atoms with Crippen LogP contribution < -0.4 is 10.6 Å². The Labute approximate surface area is 127 Å². The quantitative estimate of drug-likeness (QED) is 0.462. The normalized spacial score (nSPS) is 23.8. The minimum absolute atomic E-state index is 0.0766. The predicted molar refractivity (Wildman–Crippen MR) is 81.7 cm³/mol. The van der Waals surface area contributed by atoms with Gasteiger partial charge in [-0.05, 0) is 18.4 Å². The summed E-state index contributed by atoms with van der Waals surface area (Å²) in [6.45, 7) is 3.96. The summed E-state index contributed by atoms with van der Waals surface area (Å²) >= 11 is 0. The first-order valence-electron chi connectivity index (χ1n) is 6.69. The zero-order chi connectivity index (χ0) is 16.2. The Bertz CT molecular complexity index is 595. The molecule has 2 atom stereocenters. The lowest BCUT2D eigenvalue weighted by molar-refractivity contribution is 0.395. The molecule has 1 aromatic heterocycles. The third kappa shape index (κ3) is 3.77. The first-order chi connectivity index (χ1) is 10.4. The molecular weight excluding hydrogens is 309 g/mol. The molecule has 120 valence electrons.